The molecule has 33 heavy (non-hydrogen) atoms. The number of hydrogen-bond donors (Lipinski definition) is 5. The summed E-state index contributed by atoms with van der Waals surface area (Å²) in [6, 6.07) is 1.02. The second-order valence-electron chi connectivity index (χ2n) is 7.97. The third-order valence-electron chi connectivity index (χ3n) is 5.69. The molecule has 3 aromatic heterocycles. The van der Waals surface area contributed by atoms with Crippen molar-refractivity contribution in [2.24, 2.45) is 0 Å². The molecule has 0 radical (unpaired) electrons. The normalized spacial score (nSPS) is 16.5. The van der Waals surface area contributed by atoms with Gasteiger partial charge in [-0.05, 0) is 25.8 Å². The summed E-state index contributed by atoms with van der Waals surface area (Å²) in [5.74, 6) is -0.535. The number of nitrogen functional groups attached to an aromatic ring is 1. The van der Waals surface area contributed by atoms with Crippen LogP contribution in [-0.2, 0) is 6.18 Å². The molecule has 0 saturated carbocycles. The van der Waals surface area contributed by atoms with E-state index in [2.05, 4.69) is 20.3 Å². The predicted octanol–water partition coefficient (Wildman–Crippen LogP) is 2.92. The number of carboxylic acid groups (broad SMARTS) is 1. The summed E-state index contributed by atoms with van der Waals surface area (Å²) in [6.45, 7) is 3.03. The molecular weight excluding hydrogens is 461 g/mol. The fourth-order valence-corrected chi connectivity index (χ4v) is 4.92. The lowest BCUT2D eigenvalue weighted by Crippen LogP contribution is -2.44. The van der Waals surface area contributed by atoms with Gasteiger partial charge in [-0.15, -0.1) is 11.3 Å². The van der Waals surface area contributed by atoms with Gasteiger partial charge < -0.3 is 31.1 Å². The maximum atomic E-state index is 13.7. The van der Waals surface area contributed by atoms with Crippen molar-refractivity contribution in [1.82, 2.24) is 20.3 Å². The molecule has 0 amide bonds. The van der Waals surface area contributed by atoms with Crippen LogP contribution in [0.3, 0.4) is 0 Å². The molecule has 0 aliphatic carbocycles. The molecule has 0 bridgehead atoms. The van der Waals surface area contributed by atoms with E-state index in [0.29, 0.717) is 55.3 Å². The Hall–Kier alpha value is -2.90. The number of aryl methyl sites for hydroxylation is 1. The monoisotopic (exact) mass is 484 g/mol. The van der Waals surface area contributed by atoms with Gasteiger partial charge in [-0.3, -0.25) is 0 Å². The first-order valence-corrected chi connectivity index (χ1v) is 11.1. The van der Waals surface area contributed by atoms with Crippen LogP contribution in [0.25, 0.3) is 10.2 Å². The number of aromatic carboxylic acids is 1. The smallest absolute Gasteiger partial charge is 0.417 e. The lowest BCUT2D eigenvalue weighted by molar-refractivity contribution is -0.136. The summed E-state index contributed by atoms with van der Waals surface area (Å²) in [5, 5.41) is 22.4. The van der Waals surface area contributed by atoms with Crippen LogP contribution in [0.5, 0.6) is 0 Å². The van der Waals surface area contributed by atoms with Crippen LogP contribution < -0.4 is 16.0 Å². The number of aromatic amines is 1. The van der Waals surface area contributed by atoms with Crippen molar-refractivity contribution in [3.8, 4) is 0 Å². The van der Waals surface area contributed by atoms with E-state index in [-0.39, 0.29) is 27.0 Å². The van der Waals surface area contributed by atoms with E-state index in [1.807, 2.05) is 0 Å². The molecule has 178 valence electrons. The summed E-state index contributed by atoms with van der Waals surface area (Å²) < 4.78 is 41.2. The average Bonchev–Trinajstić information content (AvgIpc) is 3.34. The number of alkyl halides is 3. The quantitative estimate of drug-likeness (QED) is 0.360. The minimum absolute atomic E-state index is 0.0482. The molecule has 0 spiro atoms. The van der Waals surface area contributed by atoms with Crippen LogP contribution in [0.4, 0.5) is 24.7 Å². The molecule has 9 nitrogen and oxygen atoms in total. The fraction of sp³-hybridized carbons (Fsp3) is 0.450. The van der Waals surface area contributed by atoms with E-state index in [1.54, 1.807) is 18.0 Å². The Bertz CT molecular complexity index is 1170. The van der Waals surface area contributed by atoms with Crippen molar-refractivity contribution >= 4 is 39.0 Å². The van der Waals surface area contributed by atoms with Crippen molar-refractivity contribution in [2.45, 2.75) is 38.1 Å². The van der Waals surface area contributed by atoms with Gasteiger partial charge in [-0.1, -0.05) is 0 Å². The van der Waals surface area contributed by atoms with Gasteiger partial charge in [0.1, 0.15) is 27.5 Å². The molecule has 1 unspecified atom stereocenters. The van der Waals surface area contributed by atoms with E-state index in [1.165, 1.54) is 0 Å². The highest BCUT2D eigenvalue weighted by Crippen LogP contribution is 2.43. The zero-order valence-electron chi connectivity index (χ0n) is 17.6. The molecular formula is C20H23F3N6O3S. The number of halogens is 3. The number of rotatable bonds is 6. The number of hydrogen-bond acceptors (Lipinski definition) is 8. The minimum Gasteiger partial charge on any atom is -0.477 e. The molecule has 1 aliphatic heterocycles. The van der Waals surface area contributed by atoms with E-state index < -0.39 is 29.5 Å². The van der Waals surface area contributed by atoms with Crippen LogP contribution >= 0.6 is 11.3 Å². The number of carbonyl (C=O) groups is 1. The number of H-pyrrole nitrogens is 1. The largest absolute Gasteiger partial charge is 0.477 e. The summed E-state index contributed by atoms with van der Waals surface area (Å²) in [4.78, 5) is 24.1. The van der Waals surface area contributed by atoms with Gasteiger partial charge in [-0.25, -0.2) is 14.8 Å². The number of carboxylic acids is 1. The highest BCUT2D eigenvalue weighted by atomic mass is 32.1. The van der Waals surface area contributed by atoms with Crippen molar-refractivity contribution in [3.05, 3.63) is 34.2 Å². The number of nitrogens with one attached hydrogen (secondary N) is 2. The first-order valence-electron chi connectivity index (χ1n) is 10.3. The van der Waals surface area contributed by atoms with Crippen LogP contribution in [0.1, 0.15) is 45.7 Å². The molecule has 4 rings (SSSR count). The highest BCUT2D eigenvalue weighted by Gasteiger charge is 2.37. The second kappa shape index (κ2) is 8.80. The van der Waals surface area contributed by atoms with Crippen LogP contribution in [0.15, 0.2) is 12.3 Å². The first kappa shape index (κ1) is 23.3. The van der Waals surface area contributed by atoms with Gasteiger partial charge in [0.2, 0.25) is 0 Å². The standard InChI is InChI=1S/C20H23F3N6O3S/c1-9-25-7-12(27-9)13(30)8-26-10-2-4-29(5-3-10)14-6-11(20(21,22)23)15-16(24)17(19(31)32)33-18(15)28-14/h6-7,10,13,26,30H,2-5,8,24H2,1H3,(H,25,27)(H,31,32). The average molecular weight is 485 g/mol. The van der Waals surface area contributed by atoms with Crippen LogP contribution in [0, 0.1) is 6.92 Å². The Labute approximate surface area is 190 Å². The Balaban J connectivity index is 1.48. The number of imidazole rings is 1. The summed E-state index contributed by atoms with van der Waals surface area (Å²) >= 11 is 0.641. The van der Waals surface area contributed by atoms with Gasteiger partial charge >= 0.3 is 12.1 Å². The molecule has 4 heterocycles. The van der Waals surface area contributed by atoms with Crippen molar-refractivity contribution in [2.75, 3.05) is 30.3 Å². The molecule has 3 aromatic rings. The SMILES string of the molecule is Cc1ncc(C(O)CNC2CCN(c3cc(C(F)(F)F)c4c(N)c(C(=O)O)sc4n3)CC2)[nH]1. The summed E-state index contributed by atoms with van der Waals surface area (Å²) in [5.41, 5.74) is 4.94. The number of aliphatic hydroxyl groups excluding tert-OH is 1. The van der Waals surface area contributed by atoms with E-state index in [0.717, 1.165) is 6.07 Å². The molecule has 1 aliphatic rings. The van der Waals surface area contributed by atoms with Gasteiger partial charge in [0, 0.05) is 31.1 Å². The summed E-state index contributed by atoms with van der Waals surface area (Å²) in [7, 11) is 0. The molecule has 1 atom stereocenters. The lowest BCUT2D eigenvalue weighted by Gasteiger charge is -2.34. The maximum Gasteiger partial charge on any atom is 0.417 e. The number of piperidine rings is 1. The molecule has 0 aromatic carbocycles. The van der Waals surface area contributed by atoms with Gasteiger partial charge in [0.05, 0.1) is 23.1 Å². The van der Waals surface area contributed by atoms with E-state index in [4.69, 9.17) is 5.73 Å². The second-order valence-corrected chi connectivity index (χ2v) is 8.96. The molecule has 1 fully saturated rings. The molecule has 6 N–H and O–H groups in total. The number of pyridine rings is 1. The zero-order valence-corrected chi connectivity index (χ0v) is 18.4. The zero-order chi connectivity index (χ0) is 23.9. The number of fused-ring (bicyclic) bond motifs is 1. The maximum absolute atomic E-state index is 13.7. The lowest BCUT2D eigenvalue weighted by atomic mass is 10.0. The van der Waals surface area contributed by atoms with Crippen molar-refractivity contribution in [1.29, 1.82) is 0 Å². The van der Waals surface area contributed by atoms with Gasteiger partial charge in [-0.2, -0.15) is 13.2 Å². The van der Waals surface area contributed by atoms with Crippen LogP contribution in [-0.4, -0.2) is 56.8 Å². The molecule has 1 saturated heterocycles. The Morgan fingerprint density at radius 2 is 2.12 bits per heavy atom. The first-order chi connectivity index (χ1) is 15.5. The Morgan fingerprint density at radius 3 is 2.70 bits per heavy atom. The molecule has 13 heteroatoms. The number of nitrogens with two attached hydrogens (primary N) is 1. The van der Waals surface area contributed by atoms with Crippen molar-refractivity contribution in [3.63, 3.8) is 0 Å². The summed E-state index contributed by atoms with van der Waals surface area (Å²) in [6.07, 6.45) is -2.58. The highest BCUT2D eigenvalue weighted by molar-refractivity contribution is 7.21. The van der Waals surface area contributed by atoms with Crippen LogP contribution in [0.2, 0.25) is 0 Å². The minimum atomic E-state index is -4.71. The predicted molar refractivity (Wildman–Crippen MR) is 118 cm³/mol. The number of nitrogens with zero attached hydrogens (tertiary/aromatic N) is 3. The topological polar surface area (TPSA) is 140 Å². The Morgan fingerprint density at radius 1 is 1.42 bits per heavy atom. The number of aliphatic hydroxyl groups is 1. The number of anilines is 2. The number of thiophene rings is 1. The van der Waals surface area contributed by atoms with Gasteiger partial charge in [0.25, 0.3) is 0 Å². The van der Waals surface area contributed by atoms with Crippen molar-refractivity contribution < 1.29 is 28.2 Å². The third kappa shape index (κ3) is 4.75. The van der Waals surface area contributed by atoms with Gasteiger partial charge in [0.15, 0.2) is 0 Å². The fourth-order valence-electron chi connectivity index (χ4n) is 3.96. The third-order valence-corrected chi connectivity index (χ3v) is 6.77. The van der Waals surface area contributed by atoms with E-state index >= 15 is 0 Å². The Kier molecular flexibility index (Phi) is 6.20. The number of aromatic nitrogens is 3. The van der Waals surface area contributed by atoms with E-state index in [9.17, 15) is 28.2 Å².